The number of anilines is 1. The Hall–Kier alpha value is -1.09. The minimum absolute atomic E-state index is 0.338. The van der Waals surface area contributed by atoms with Gasteiger partial charge >= 0.3 is 0 Å². The normalized spacial score (nSPS) is 28.5. The summed E-state index contributed by atoms with van der Waals surface area (Å²) >= 11 is 12.0. The van der Waals surface area contributed by atoms with E-state index in [1.165, 1.54) is 0 Å². The topological polar surface area (TPSA) is 99.8 Å². The Balaban J connectivity index is 2.15. The zero-order valence-corrected chi connectivity index (χ0v) is 13.1. The molecule has 1 aliphatic heterocycles. The molecule has 4 atom stereocenters. The number of rotatable bonds is 3. The minimum Gasteiger partial charge on any atom is -0.394 e. The third-order valence-electron chi connectivity index (χ3n) is 3.73. The van der Waals surface area contributed by atoms with Crippen LogP contribution in [0.1, 0.15) is 6.23 Å². The molecule has 1 aromatic carbocycles. The van der Waals surface area contributed by atoms with E-state index in [-0.39, 0.29) is 0 Å². The fourth-order valence-corrected chi connectivity index (χ4v) is 2.93. The third-order valence-corrected chi connectivity index (χ3v) is 4.45. The summed E-state index contributed by atoms with van der Waals surface area (Å²) in [5, 5.41) is 33.0. The van der Waals surface area contributed by atoms with E-state index in [9.17, 15) is 15.3 Å². The maximum atomic E-state index is 10.2. The number of aromatic nitrogens is 2. The SMILES string of the molecule is CNc1nc2cc(Cl)c(Cl)cc2n1[C@H]1O[C@H](CO)[C@H](O)[C@@H]1O. The molecule has 0 spiro atoms. The molecular formula is C13H15Cl2N3O4. The van der Waals surface area contributed by atoms with Crippen LogP contribution in [0.3, 0.4) is 0 Å². The fraction of sp³-hybridized carbons (Fsp3) is 0.462. The Labute approximate surface area is 136 Å². The van der Waals surface area contributed by atoms with E-state index in [1.807, 2.05) is 0 Å². The van der Waals surface area contributed by atoms with Crippen molar-refractivity contribution in [3.8, 4) is 0 Å². The molecule has 1 aliphatic rings. The van der Waals surface area contributed by atoms with Crippen molar-refractivity contribution in [2.75, 3.05) is 19.0 Å². The second kappa shape index (κ2) is 5.84. The van der Waals surface area contributed by atoms with Gasteiger partial charge < -0.3 is 25.4 Å². The maximum absolute atomic E-state index is 10.2. The number of aliphatic hydroxyl groups is 3. The lowest BCUT2D eigenvalue weighted by atomic mass is 10.1. The second-order valence-electron chi connectivity index (χ2n) is 5.04. The van der Waals surface area contributed by atoms with Gasteiger partial charge in [-0.05, 0) is 12.1 Å². The zero-order valence-electron chi connectivity index (χ0n) is 11.6. The first kappa shape index (κ1) is 15.8. The quantitative estimate of drug-likeness (QED) is 0.660. The van der Waals surface area contributed by atoms with Crippen LogP contribution in [0.15, 0.2) is 12.1 Å². The Morgan fingerprint density at radius 1 is 1.27 bits per heavy atom. The highest BCUT2D eigenvalue weighted by Gasteiger charge is 2.44. The number of imidazole rings is 1. The van der Waals surface area contributed by atoms with Gasteiger partial charge in [-0.3, -0.25) is 4.57 Å². The fourth-order valence-electron chi connectivity index (χ4n) is 2.62. The molecule has 3 rings (SSSR count). The predicted molar refractivity (Wildman–Crippen MR) is 82.3 cm³/mol. The summed E-state index contributed by atoms with van der Waals surface area (Å²) < 4.78 is 7.14. The van der Waals surface area contributed by atoms with Gasteiger partial charge in [-0.2, -0.15) is 0 Å². The lowest BCUT2D eigenvalue weighted by molar-refractivity contribution is -0.0499. The van der Waals surface area contributed by atoms with Crippen molar-refractivity contribution in [2.45, 2.75) is 24.5 Å². The summed E-state index contributed by atoms with van der Waals surface area (Å²) in [6.45, 7) is -0.400. The summed E-state index contributed by atoms with van der Waals surface area (Å²) in [4.78, 5) is 4.36. The Bertz CT molecular complexity index is 708. The first-order valence-electron chi connectivity index (χ1n) is 6.65. The van der Waals surface area contributed by atoms with Crippen LogP contribution in [0.2, 0.25) is 10.0 Å². The number of hydrogen-bond donors (Lipinski definition) is 4. The average Bonchev–Trinajstić information content (AvgIpc) is 2.98. The van der Waals surface area contributed by atoms with E-state index >= 15 is 0 Å². The van der Waals surface area contributed by atoms with E-state index in [4.69, 9.17) is 27.9 Å². The van der Waals surface area contributed by atoms with E-state index in [1.54, 1.807) is 23.7 Å². The van der Waals surface area contributed by atoms with Gasteiger partial charge in [-0.25, -0.2) is 4.98 Å². The van der Waals surface area contributed by atoms with E-state index in [0.29, 0.717) is 27.0 Å². The Morgan fingerprint density at radius 3 is 2.55 bits per heavy atom. The van der Waals surface area contributed by atoms with Gasteiger partial charge in [-0.15, -0.1) is 0 Å². The molecule has 0 bridgehead atoms. The van der Waals surface area contributed by atoms with E-state index in [0.717, 1.165) is 0 Å². The van der Waals surface area contributed by atoms with Gasteiger partial charge in [0.25, 0.3) is 0 Å². The predicted octanol–water partition coefficient (Wildman–Crippen LogP) is 0.996. The maximum Gasteiger partial charge on any atom is 0.205 e. The van der Waals surface area contributed by atoms with Crippen molar-refractivity contribution < 1.29 is 20.1 Å². The number of ether oxygens (including phenoxy) is 1. The van der Waals surface area contributed by atoms with Crippen LogP contribution in [-0.4, -0.2) is 56.8 Å². The van der Waals surface area contributed by atoms with Crippen LogP contribution >= 0.6 is 23.2 Å². The van der Waals surface area contributed by atoms with Gasteiger partial charge in [0.05, 0.1) is 27.7 Å². The molecule has 0 radical (unpaired) electrons. The average molecular weight is 348 g/mol. The molecule has 1 aromatic heterocycles. The van der Waals surface area contributed by atoms with Crippen LogP contribution in [-0.2, 0) is 4.74 Å². The van der Waals surface area contributed by atoms with E-state index in [2.05, 4.69) is 10.3 Å². The summed E-state index contributed by atoms with van der Waals surface area (Å²) in [6, 6.07) is 3.22. The molecule has 0 aliphatic carbocycles. The molecule has 1 fully saturated rings. The van der Waals surface area contributed by atoms with Gasteiger partial charge in [0, 0.05) is 7.05 Å². The number of fused-ring (bicyclic) bond motifs is 1. The van der Waals surface area contributed by atoms with E-state index < -0.39 is 31.1 Å². The zero-order chi connectivity index (χ0) is 16.0. The summed E-state index contributed by atoms with van der Waals surface area (Å²) in [6.07, 6.45) is -4.18. The smallest absolute Gasteiger partial charge is 0.205 e. The summed E-state index contributed by atoms with van der Waals surface area (Å²) in [7, 11) is 1.67. The molecule has 9 heteroatoms. The molecule has 0 saturated carbocycles. The number of halogens is 2. The van der Waals surface area contributed by atoms with Crippen molar-refractivity contribution in [1.82, 2.24) is 9.55 Å². The highest BCUT2D eigenvalue weighted by atomic mass is 35.5. The molecule has 4 N–H and O–H groups in total. The number of nitrogens with zero attached hydrogens (tertiary/aromatic N) is 2. The summed E-state index contributed by atoms with van der Waals surface area (Å²) in [5.74, 6) is 0.420. The lowest BCUT2D eigenvalue weighted by Gasteiger charge is -2.19. The highest BCUT2D eigenvalue weighted by Crippen LogP contribution is 2.37. The van der Waals surface area contributed by atoms with Crippen molar-refractivity contribution in [1.29, 1.82) is 0 Å². The highest BCUT2D eigenvalue weighted by molar-refractivity contribution is 6.42. The van der Waals surface area contributed by atoms with Crippen LogP contribution in [0, 0.1) is 0 Å². The van der Waals surface area contributed by atoms with Crippen LogP contribution in [0.4, 0.5) is 5.95 Å². The standard InChI is InChI=1S/C13H15Cl2N3O4/c1-16-13-17-7-2-5(14)6(15)3-8(7)18(13)12-11(21)10(20)9(4-19)22-12/h2-3,9-12,19-21H,4H2,1H3,(H,16,17)/t9-,10+,11+,12+/m1/s1. The Kier molecular flexibility index (Phi) is 4.19. The first-order valence-corrected chi connectivity index (χ1v) is 7.40. The van der Waals surface area contributed by atoms with Crippen molar-refractivity contribution in [2.24, 2.45) is 0 Å². The van der Waals surface area contributed by atoms with Crippen LogP contribution in [0.5, 0.6) is 0 Å². The van der Waals surface area contributed by atoms with Gasteiger partial charge in [0.15, 0.2) is 6.23 Å². The molecule has 2 heterocycles. The number of benzene rings is 1. The molecule has 120 valence electrons. The second-order valence-corrected chi connectivity index (χ2v) is 5.85. The van der Waals surface area contributed by atoms with Crippen molar-refractivity contribution >= 4 is 40.2 Å². The molecule has 0 amide bonds. The molecular weight excluding hydrogens is 333 g/mol. The largest absolute Gasteiger partial charge is 0.394 e. The monoisotopic (exact) mass is 347 g/mol. The summed E-state index contributed by atoms with van der Waals surface area (Å²) in [5.41, 5.74) is 1.16. The van der Waals surface area contributed by atoms with Gasteiger partial charge in [0.2, 0.25) is 5.95 Å². The Morgan fingerprint density at radius 2 is 1.95 bits per heavy atom. The van der Waals surface area contributed by atoms with Gasteiger partial charge in [-0.1, -0.05) is 23.2 Å². The number of nitrogens with one attached hydrogen (secondary N) is 1. The van der Waals surface area contributed by atoms with Crippen LogP contribution in [0.25, 0.3) is 11.0 Å². The first-order chi connectivity index (χ1) is 10.5. The minimum atomic E-state index is -1.21. The van der Waals surface area contributed by atoms with Crippen molar-refractivity contribution in [3.63, 3.8) is 0 Å². The number of aliphatic hydroxyl groups excluding tert-OH is 3. The third kappa shape index (κ3) is 2.34. The van der Waals surface area contributed by atoms with Gasteiger partial charge in [0.1, 0.15) is 18.3 Å². The molecule has 7 nitrogen and oxygen atoms in total. The van der Waals surface area contributed by atoms with Crippen molar-refractivity contribution in [3.05, 3.63) is 22.2 Å². The molecule has 22 heavy (non-hydrogen) atoms. The number of hydrogen-bond acceptors (Lipinski definition) is 6. The lowest BCUT2D eigenvalue weighted by Crippen LogP contribution is -2.33. The molecule has 0 unspecified atom stereocenters. The molecule has 1 saturated heterocycles. The molecule has 2 aromatic rings. The van der Waals surface area contributed by atoms with Crippen LogP contribution < -0.4 is 5.32 Å².